The second-order valence-corrected chi connectivity index (χ2v) is 5.07. The van der Waals surface area contributed by atoms with Crippen molar-refractivity contribution in [3.63, 3.8) is 0 Å². The van der Waals surface area contributed by atoms with E-state index in [1.165, 1.54) is 6.07 Å². The molecule has 0 aliphatic heterocycles. The second-order valence-electron chi connectivity index (χ2n) is 5.07. The Morgan fingerprint density at radius 1 is 1.08 bits per heavy atom. The molecule has 0 aliphatic rings. The van der Waals surface area contributed by atoms with Crippen LogP contribution in [0.25, 0.3) is 5.65 Å². The second kappa shape index (κ2) is 6.44. The molecule has 1 N–H and O–H groups in total. The molecule has 3 rings (SSSR count). The maximum atomic E-state index is 12.9. The third-order valence-electron chi connectivity index (χ3n) is 3.39. The SMILES string of the molecule is COCc1ccccc1CNc1ccc2nnc(C(F)(F)F)n2n1. The van der Waals surface area contributed by atoms with Crippen LogP contribution in [0.3, 0.4) is 0 Å². The number of anilines is 1. The maximum absolute atomic E-state index is 12.9. The first-order valence-electron chi connectivity index (χ1n) is 7.08. The average molecular weight is 337 g/mol. The summed E-state index contributed by atoms with van der Waals surface area (Å²) >= 11 is 0. The molecule has 2 heterocycles. The van der Waals surface area contributed by atoms with Crippen LogP contribution in [-0.4, -0.2) is 26.9 Å². The highest BCUT2D eigenvalue weighted by Crippen LogP contribution is 2.27. The third kappa shape index (κ3) is 3.30. The highest BCUT2D eigenvalue weighted by Gasteiger charge is 2.37. The van der Waals surface area contributed by atoms with Crippen LogP contribution in [0.5, 0.6) is 0 Å². The number of alkyl halides is 3. The summed E-state index contributed by atoms with van der Waals surface area (Å²) in [4.78, 5) is 0. The molecule has 0 radical (unpaired) electrons. The first-order chi connectivity index (χ1) is 11.5. The van der Waals surface area contributed by atoms with Gasteiger partial charge in [-0.2, -0.15) is 17.7 Å². The van der Waals surface area contributed by atoms with Crippen molar-refractivity contribution in [2.45, 2.75) is 19.3 Å². The summed E-state index contributed by atoms with van der Waals surface area (Å²) in [5, 5.41) is 13.5. The molecule has 6 nitrogen and oxygen atoms in total. The van der Waals surface area contributed by atoms with Gasteiger partial charge in [-0.1, -0.05) is 24.3 Å². The first kappa shape index (κ1) is 16.2. The summed E-state index contributed by atoms with van der Waals surface area (Å²) < 4.78 is 44.4. The molecule has 3 aromatic rings. The zero-order valence-electron chi connectivity index (χ0n) is 12.7. The Hall–Kier alpha value is -2.68. The molecule has 0 saturated heterocycles. The molecule has 0 bridgehead atoms. The Balaban J connectivity index is 1.83. The molecule has 0 saturated carbocycles. The van der Waals surface area contributed by atoms with E-state index < -0.39 is 12.0 Å². The van der Waals surface area contributed by atoms with Gasteiger partial charge in [-0.15, -0.1) is 15.3 Å². The van der Waals surface area contributed by atoms with Gasteiger partial charge in [-0.3, -0.25) is 0 Å². The number of rotatable bonds is 5. The lowest BCUT2D eigenvalue weighted by Crippen LogP contribution is -2.13. The topological polar surface area (TPSA) is 64.3 Å². The molecule has 0 atom stereocenters. The number of ether oxygens (including phenoxy) is 1. The first-order valence-corrected chi connectivity index (χ1v) is 7.08. The molecule has 2 aromatic heterocycles. The number of hydrogen-bond acceptors (Lipinski definition) is 5. The summed E-state index contributed by atoms with van der Waals surface area (Å²) in [6.07, 6.45) is -4.61. The van der Waals surface area contributed by atoms with Crippen LogP contribution >= 0.6 is 0 Å². The Morgan fingerprint density at radius 2 is 1.83 bits per heavy atom. The monoisotopic (exact) mass is 337 g/mol. The predicted octanol–water partition coefficient (Wildman–Crippen LogP) is 2.90. The van der Waals surface area contributed by atoms with Gasteiger partial charge in [0.05, 0.1) is 6.61 Å². The van der Waals surface area contributed by atoms with Gasteiger partial charge >= 0.3 is 6.18 Å². The van der Waals surface area contributed by atoms with E-state index in [-0.39, 0.29) is 5.65 Å². The molecular weight excluding hydrogens is 323 g/mol. The number of nitrogens with one attached hydrogen (secondary N) is 1. The van der Waals surface area contributed by atoms with Gasteiger partial charge < -0.3 is 10.1 Å². The van der Waals surface area contributed by atoms with Gasteiger partial charge in [0, 0.05) is 13.7 Å². The van der Waals surface area contributed by atoms with Crippen LogP contribution < -0.4 is 5.32 Å². The fraction of sp³-hybridized carbons (Fsp3) is 0.267. The Morgan fingerprint density at radius 3 is 2.54 bits per heavy atom. The molecule has 126 valence electrons. The largest absolute Gasteiger partial charge is 0.453 e. The smallest absolute Gasteiger partial charge is 0.380 e. The van der Waals surface area contributed by atoms with Crippen molar-refractivity contribution in [1.82, 2.24) is 19.8 Å². The molecule has 0 amide bonds. The van der Waals surface area contributed by atoms with Gasteiger partial charge in [-0.05, 0) is 23.3 Å². The lowest BCUT2D eigenvalue weighted by Gasteiger charge is -2.11. The Bertz CT molecular complexity index is 846. The van der Waals surface area contributed by atoms with E-state index in [0.29, 0.717) is 23.5 Å². The highest BCUT2D eigenvalue weighted by molar-refractivity contribution is 5.45. The molecular formula is C15H14F3N5O. The quantitative estimate of drug-likeness (QED) is 0.775. The van der Waals surface area contributed by atoms with E-state index in [9.17, 15) is 13.2 Å². The van der Waals surface area contributed by atoms with E-state index in [2.05, 4.69) is 20.6 Å². The average Bonchev–Trinajstić information content (AvgIpc) is 2.97. The minimum absolute atomic E-state index is 0.0349. The normalized spacial score (nSPS) is 11.8. The summed E-state index contributed by atoms with van der Waals surface area (Å²) in [6.45, 7) is 0.857. The van der Waals surface area contributed by atoms with Crippen molar-refractivity contribution in [3.05, 3.63) is 53.3 Å². The molecule has 9 heteroatoms. The Labute approximate surface area is 135 Å². The van der Waals surface area contributed by atoms with Crippen molar-refractivity contribution < 1.29 is 17.9 Å². The number of methoxy groups -OCH3 is 1. The van der Waals surface area contributed by atoms with Crippen LogP contribution in [0.1, 0.15) is 17.0 Å². The fourth-order valence-corrected chi connectivity index (χ4v) is 2.27. The molecule has 24 heavy (non-hydrogen) atoms. The molecule has 0 spiro atoms. The standard InChI is InChI=1S/C15H14F3N5O/c1-24-9-11-5-3-2-4-10(11)8-19-12-6-7-13-20-21-14(15(16,17)18)23(13)22-12/h2-7H,8-9H2,1H3,(H,19,22). The maximum Gasteiger partial charge on any atom is 0.453 e. The van der Waals surface area contributed by atoms with Crippen molar-refractivity contribution in [2.75, 3.05) is 12.4 Å². The molecule has 0 aliphatic carbocycles. The van der Waals surface area contributed by atoms with Crippen LogP contribution in [-0.2, 0) is 24.1 Å². The Kier molecular flexibility index (Phi) is 4.34. The molecule has 0 unspecified atom stereocenters. The predicted molar refractivity (Wildman–Crippen MR) is 80.3 cm³/mol. The number of hydrogen-bond donors (Lipinski definition) is 1. The van der Waals surface area contributed by atoms with Crippen molar-refractivity contribution in [3.8, 4) is 0 Å². The highest BCUT2D eigenvalue weighted by atomic mass is 19.4. The number of benzene rings is 1. The van der Waals surface area contributed by atoms with Crippen molar-refractivity contribution in [1.29, 1.82) is 0 Å². The van der Waals surface area contributed by atoms with Crippen molar-refractivity contribution >= 4 is 11.5 Å². The fourth-order valence-electron chi connectivity index (χ4n) is 2.27. The summed E-state index contributed by atoms with van der Waals surface area (Å²) in [7, 11) is 1.60. The number of halogens is 3. The van der Waals surface area contributed by atoms with E-state index in [0.717, 1.165) is 11.1 Å². The van der Waals surface area contributed by atoms with Crippen molar-refractivity contribution in [2.24, 2.45) is 0 Å². The number of nitrogens with zero attached hydrogens (tertiary/aromatic N) is 4. The zero-order chi connectivity index (χ0) is 17.2. The van der Waals surface area contributed by atoms with Gasteiger partial charge in [0.1, 0.15) is 5.82 Å². The lowest BCUT2D eigenvalue weighted by molar-refractivity contribution is -0.146. The van der Waals surface area contributed by atoms with E-state index >= 15 is 0 Å². The lowest BCUT2D eigenvalue weighted by atomic mass is 10.1. The van der Waals surface area contributed by atoms with E-state index in [4.69, 9.17) is 4.74 Å². The summed E-state index contributed by atoms with van der Waals surface area (Å²) in [5.41, 5.74) is 2.00. The van der Waals surface area contributed by atoms with Gasteiger partial charge in [0.25, 0.3) is 5.82 Å². The third-order valence-corrected chi connectivity index (χ3v) is 3.39. The van der Waals surface area contributed by atoms with E-state index in [1.807, 2.05) is 24.3 Å². The number of aromatic nitrogens is 4. The summed E-state index contributed by atoms with van der Waals surface area (Å²) in [5.74, 6) is -0.860. The van der Waals surface area contributed by atoms with Gasteiger partial charge in [0.15, 0.2) is 5.65 Å². The molecule has 1 aromatic carbocycles. The van der Waals surface area contributed by atoms with Gasteiger partial charge in [0.2, 0.25) is 0 Å². The molecule has 0 fully saturated rings. The van der Waals surface area contributed by atoms with E-state index in [1.54, 1.807) is 13.2 Å². The summed E-state index contributed by atoms with van der Waals surface area (Å²) in [6, 6.07) is 10.6. The number of fused-ring (bicyclic) bond motifs is 1. The minimum Gasteiger partial charge on any atom is -0.380 e. The minimum atomic E-state index is -4.61. The van der Waals surface area contributed by atoms with Crippen LogP contribution in [0.15, 0.2) is 36.4 Å². The zero-order valence-corrected chi connectivity index (χ0v) is 12.7. The van der Waals surface area contributed by atoms with Crippen LogP contribution in [0, 0.1) is 0 Å². The van der Waals surface area contributed by atoms with Crippen LogP contribution in [0.4, 0.5) is 19.0 Å². The van der Waals surface area contributed by atoms with Gasteiger partial charge in [-0.25, -0.2) is 0 Å². The van der Waals surface area contributed by atoms with Crippen LogP contribution in [0.2, 0.25) is 0 Å².